The van der Waals surface area contributed by atoms with Gasteiger partial charge in [-0.05, 0) is 25.7 Å². The maximum atomic E-state index is 12.0. The second kappa shape index (κ2) is 20.4. The van der Waals surface area contributed by atoms with Gasteiger partial charge in [-0.25, -0.2) is 0 Å². The summed E-state index contributed by atoms with van der Waals surface area (Å²) in [7, 11) is 0. The number of carboxylic acid groups (broad SMARTS) is 1. The third kappa shape index (κ3) is 15.3. The van der Waals surface area contributed by atoms with E-state index < -0.39 is 11.4 Å². The molecular weight excluding hydrogens is 368 g/mol. The lowest BCUT2D eigenvalue weighted by atomic mass is 9.72. The average molecular weight is 425 g/mol. The van der Waals surface area contributed by atoms with Crippen LogP contribution in [0, 0.1) is 11.3 Å². The topological polar surface area (TPSA) is 37.3 Å². The van der Waals surface area contributed by atoms with Gasteiger partial charge in [-0.1, -0.05) is 143 Å². The molecule has 0 rings (SSSR count). The Hall–Kier alpha value is -0.530. The van der Waals surface area contributed by atoms with Gasteiger partial charge in [0, 0.05) is 0 Å². The Bertz CT molecular complexity index is 379. The van der Waals surface area contributed by atoms with Crippen molar-refractivity contribution >= 4 is 5.97 Å². The number of hydrogen-bond donors (Lipinski definition) is 1. The maximum Gasteiger partial charge on any atom is 0.309 e. The van der Waals surface area contributed by atoms with Crippen LogP contribution in [0.5, 0.6) is 0 Å². The van der Waals surface area contributed by atoms with Crippen LogP contribution >= 0.6 is 0 Å². The fourth-order valence-electron chi connectivity index (χ4n) is 4.62. The van der Waals surface area contributed by atoms with Gasteiger partial charge in [0.05, 0.1) is 5.41 Å². The zero-order valence-electron chi connectivity index (χ0n) is 21.3. The quantitative estimate of drug-likeness (QED) is 0.166. The van der Waals surface area contributed by atoms with Crippen molar-refractivity contribution in [2.45, 2.75) is 163 Å². The molecule has 0 saturated heterocycles. The van der Waals surface area contributed by atoms with E-state index in [-0.39, 0.29) is 5.92 Å². The van der Waals surface area contributed by atoms with E-state index >= 15 is 0 Å². The molecule has 0 fully saturated rings. The molecule has 2 nitrogen and oxygen atoms in total. The predicted octanol–water partition coefficient (Wildman–Crippen LogP) is 9.95. The summed E-state index contributed by atoms with van der Waals surface area (Å²) in [4.78, 5) is 12.0. The number of aliphatic carboxylic acids is 1. The SMILES string of the molecule is CCCCCCCCCCCCCCCC(C)C(C)(CCCCCCCC)C(=O)O. The first-order valence-electron chi connectivity index (χ1n) is 13.7. The molecule has 2 atom stereocenters. The number of hydrogen-bond acceptors (Lipinski definition) is 1. The summed E-state index contributed by atoms with van der Waals surface area (Å²) < 4.78 is 0. The minimum Gasteiger partial charge on any atom is -0.481 e. The molecule has 180 valence electrons. The van der Waals surface area contributed by atoms with E-state index in [4.69, 9.17) is 0 Å². The van der Waals surface area contributed by atoms with Crippen molar-refractivity contribution in [1.29, 1.82) is 0 Å². The van der Waals surface area contributed by atoms with Gasteiger partial charge >= 0.3 is 5.97 Å². The fraction of sp³-hybridized carbons (Fsp3) is 0.964. The second-order valence-electron chi connectivity index (χ2n) is 10.2. The van der Waals surface area contributed by atoms with Crippen molar-refractivity contribution in [1.82, 2.24) is 0 Å². The Morgan fingerprint density at radius 1 is 0.633 bits per heavy atom. The van der Waals surface area contributed by atoms with E-state index in [1.54, 1.807) is 0 Å². The molecule has 0 aliphatic heterocycles. The molecule has 0 spiro atoms. The molecule has 0 heterocycles. The molecule has 0 radical (unpaired) electrons. The smallest absolute Gasteiger partial charge is 0.309 e. The van der Waals surface area contributed by atoms with Crippen molar-refractivity contribution in [2.75, 3.05) is 0 Å². The predicted molar refractivity (Wildman–Crippen MR) is 133 cm³/mol. The molecule has 1 N–H and O–H groups in total. The van der Waals surface area contributed by atoms with E-state index in [0.29, 0.717) is 0 Å². The lowest BCUT2D eigenvalue weighted by Crippen LogP contribution is -2.34. The van der Waals surface area contributed by atoms with Crippen LogP contribution in [-0.4, -0.2) is 11.1 Å². The average Bonchev–Trinajstić information content (AvgIpc) is 2.73. The van der Waals surface area contributed by atoms with Gasteiger partial charge in [0.1, 0.15) is 0 Å². The maximum absolute atomic E-state index is 12.0. The minimum atomic E-state index is -0.585. The van der Waals surface area contributed by atoms with Gasteiger partial charge in [-0.3, -0.25) is 4.79 Å². The fourth-order valence-corrected chi connectivity index (χ4v) is 4.62. The van der Waals surface area contributed by atoms with Crippen molar-refractivity contribution in [3.05, 3.63) is 0 Å². The largest absolute Gasteiger partial charge is 0.481 e. The van der Waals surface area contributed by atoms with Crippen LogP contribution < -0.4 is 0 Å². The molecule has 0 aliphatic carbocycles. The molecule has 0 aromatic heterocycles. The Kier molecular flexibility index (Phi) is 20.0. The molecule has 0 aliphatic rings. The van der Waals surface area contributed by atoms with Crippen molar-refractivity contribution in [2.24, 2.45) is 11.3 Å². The lowest BCUT2D eigenvalue weighted by molar-refractivity contribution is -0.151. The zero-order chi connectivity index (χ0) is 22.5. The van der Waals surface area contributed by atoms with Gasteiger partial charge < -0.3 is 5.11 Å². The van der Waals surface area contributed by atoms with Crippen LogP contribution in [0.25, 0.3) is 0 Å². The van der Waals surface area contributed by atoms with E-state index in [2.05, 4.69) is 20.8 Å². The van der Waals surface area contributed by atoms with Gasteiger partial charge in [0.15, 0.2) is 0 Å². The number of carboxylic acids is 1. The molecule has 0 bridgehead atoms. The van der Waals surface area contributed by atoms with Gasteiger partial charge in [-0.2, -0.15) is 0 Å². The van der Waals surface area contributed by atoms with Crippen LogP contribution in [0.4, 0.5) is 0 Å². The number of rotatable bonds is 23. The third-order valence-electron chi connectivity index (χ3n) is 7.37. The summed E-state index contributed by atoms with van der Waals surface area (Å²) in [5.41, 5.74) is -0.540. The zero-order valence-corrected chi connectivity index (χ0v) is 21.3. The third-order valence-corrected chi connectivity index (χ3v) is 7.37. The molecule has 0 saturated carbocycles. The van der Waals surface area contributed by atoms with Gasteiger partial charge in [0.2, 0.25) is 0 Å². The molecule has 30 heavy (non-hydrogen) atoms. The van der Waals surface area contributed by atoms with Crippen LogP contribution in [0.2, 0.25) is 0 Å². The molecule has 0 amide bonds. The summed E-state index contributed by atoms with van der Waals surface area (Å²) >= 11 is 0. The molecule has 0 aromatic rings. The molecule has 2 heteroatoms. The van der Waals surface area contributed by atoms with Crippen LogP contribution in [-0.2, 0) is 4.79 Å². The highest BCUT2D eigenvalue weighted by Gasteiger charge is 2.37. The lowest BCUT2D eigenvalue weighted by Gasteiger charge is -2.32. The van der Waals surface area contributed by atoms with E-state index in [1.165, 1.54) is 116 Å². The first-order chi connectivity index (χ1) is 14.5. The Labute approximate surface area is 190 Å². The van der Waals surface area contributed by atoms with Crippen LogP contribution in [0.15, 0.2) is 0 Å². The van der Waals surface area contributed by atoms with Crippen molar-refractivity contribution in [3.63, 3.8) is 0 Å². The van der Waals surface area contributed by atoms with E-state index in [9.17, 15) is 9.90 Å². The minimum absolute atomic E-state index is 0.276. The summed E-state index contributed by atoms with van der Waals surface area (Å²) in [6.07, 6.45) is 27.1. The Balaban J connectivity index is 3.74. The number of carbonyl (C=O) groups is 1. The Morgan fingerprint density at radius 2 is 0.967 bits per heavy atom. The van der Waals surface area contributed by atoms with E-state index in [1.807, 2.05) is 6.92 Å². The highest BCUT2D eigenvalue weighted by atomic mass is 16.4. The molecular formula is C28H56O2. The van der Waals surface area contributed by atoms with Crippen molar-refractivity contribution in [3.8, 4) is 0 Å². The van der Waals surface area contributed by atoms with Gasteiger partial charge in [-0.15, -0.1) is 0 Å². The number of unbranched alkanes of at least 4 members (excludes halogenated alkanes) is 17. The summed E-state index contributed by atoms with van der Waals surface area (Å²) in [6.45, 7) is 8.68. The van der Waals surface area contributed by atoms with Crippen LogP contribution in [0.1, 0.15) is 163 Å². The standard InChI is InChI=1S/C28H56O2/c1-5-7-9-11-13-14-15-16-17-18-19-20-22-24-26(3)28(4,27(29)30)25-23-21-12-10-8-6-2/h26H,5-25H2,1-4H3,(H,29,30). The second-order valence-corrected chi connectivity index (χ2v) is 10.2. The molecule has 2 unspecified atom stereocenters. The first kappa shape index (κ1) is 29.5. The van der Waals surface area contributed by atoms with Gasteiger partial charge in [0.25, 0.3) is 0 Å². The normalized spacial score (nSPS) is 14.5. The van der Waals surface area contributed by atoms with Crippen molar-refractivity contribution < 1.29 is 9.90 Å². The first-order valence-corrected chi connectivity index (χ1v) is 13.7. The highest BCUT2D eigenvalue weighted by molar-refractivity contribution is 5.74. The molecule has 0 aromatic carbocycles. The summed E-state index contributed by atoms with van der Waals surface area (Å²) in [5.74, 6) is -0.309. The van der Waals surface area contributed by atoms with Crippen LogP contribution in [0.3, 0.4) is 0 Å². The highest BCUT2D eigenvalue weighted by Crippen LogP contribution is 2.37. The Morgan fingerprint density at radius 3 is 1.33 bits per heavy atom. The monoisotopic (exact) mass is 424 g/mol. The summed E-state index contributed by atoms with van der Waals surface area (Å²) in [5, 5.41) is 9.85. The summed E-state index contributed by atoms with van der Waals surface area (Å²) in [6, 6.07) is 0. The van der Waals surface area contributed by atoms with E-state index in [0.717, 1.165) is 19.3 Å².